The van der Waals surface area contributed by atoms with Crippen LogP contribution in [-0.4, -0.2) is 49.0 Å². The van der Waals surface area contributed by atoms with Crippen molar-refractivity contribution in [3.05, 3.63) is 0 Å². The predicted octanol–water partition coefficient (Wildman–Crippen LogP) is 1.23. The molecular weight excluding hydrogens is 232 g/mol. The van der Waals surface area contributed by atoms with E-state index in [1.54, 1.807) is 11.8 Å². The summed E-state index contributed by atoms with van der Waals surface area (Å²) >= 11 is 1.63. The summed E-state index contributed by atoms with van der Waals surface area (Å²) < 4.78 is 0. The summed E-state index contributed by atoms with van der Waals surface area (Å²) in [5, 5.41) is 3.28. The summed E-state index contributed by atoms with van der Waals surface area (Å²) in [5.74, 6) is 0.953. The molecule has 0 saturated carbocycles. The molecule has 2 unspecified atom stereocenters. The van der Waals surface area contributed by atoms with Gasteiger partial charge in [0.15, 0.2) is 0 Å². The molecule has 1 aliphatic heterocycles. The monoisotopic (exact) mass is 252 g/mol. The number of hydrogen-bond donors (Lipinski definition) is 1. The third kappa shape index (κ3) is 4.21. The van der Waals surface area contributed by atoms with Crippen molar-refractivity contribution in [1.29, 1.82) is 0 Å². The number of carbonyl (C=O) groups is 1. The first-order valence-electron chi connectivity index (χ1n) is 5.15. The molecule has 2 atom stereocenters. The van der Waals surface area contributed by atoms with Crippen molar-refractivity contribution in [2.24, 2.45) is 5.92 Å². The molecular formula is C10H21ClN2OS. The summed E-state index contributed by atoms with van der Waals surface area (Å²) in [4.78, 5) is 13.8. The molecule has 0 aliphatic carbocycles. The molecule has 0 spiro atoms. The Hall–Kier alpha value is 0.0700. The van der Waals surface area contributed by atoms with E-state index in [9.17, 15) is 4.79 Å². The predicted molar refractivity (Wildman–Crippen MR) is 68.8 cm³/mol. The van der Waals surface area contributed by atoms with Crippen molar-refractivity contribution in [2.75, 3.05) is 32.9 Å². The highest BCUT2D eigenvalue weighted by atomic mass is 35.5. The molecule has 3 nitrogen and oxygen atoms in total. The van der Waals surface area contributed by atoms with Gasteiger partial charge >= 0.3 is 0 Å². The average Bonchev–Trinajstić information content (AvgIpc) is 2.64. The zero-order chi connectivity index (χ0) is 10.6. The van der Waals surface area contributed by atoms with Crippen LogP contribution in [0.3, 0.4) is 0 Å². The topological polar surface area (TPSA) is 32.3 Å². The van der Waals surface area contributed by atoms with E-state index < -0.39 is 0 Å². The molecule has 1 fully saturated rings. The van der Waals surface area contributed by atoms with Crippen LogP contribution in [-0.2, 0) is 4.79 Å². The van der Waals surface area contributed by atoms with E-state index in [1.807, 2.05) is 25.1 Å². The minimum absolute atomic E-state index is 0. The first-order valence-corrected chi connectivity index (χ1v) is 6.44. The molecule has 0 aromatic heterocycles. The van der Waals surface area contributed by atoms with Crippen LogP contribution < -0.4 is 5.32 Å². The molecule has 1 N–H and O–H groups in total. The molecule has 0 radical (unpaired) electrons. The van der Waals surface area contributed by atoms with Crippen molar-refractivity contribution >= 4 is 30.1 Å². The summed E-state index contributed by atoms with van der Waals surface area (Å²) in [6.45, 7) is 4.89. The van der Waals surface area contributed by atoms with Gasteiger partial charge in [-0.3, -0.25) is 4.79 Å². The number of thioether (sulfide) groups is 1. The van der Waals surface area contributed by atoms with E-state index in [2.05, 4.69) is 5.32 Å². The summed E-state index contributed by atoms with van der Waals surface area (Å²) in [6.07, 6.45) is 3.14. The quantitative estimate of drug-likeness (QED) is 0.817. The van der Waals surface area contributed by atoms with E-state index >= 15 is 0 Å². The molecule has 0 bridgehead atoms. The third-order valence-corrected chi connectivity index (χ3v) is 3.70. The lowest BCUT2D eigenvalue weighted by Crippen LogP contribution is -2.35. The standard InChI is InChI=1S/C10H20N2OS.ClH/c1-8(14-3)10(13)12-5-4-9(7-12)6-11-2;/h8-9,11H,4-7H2,1-3H3;1H. The molecule has 90 valence electrons. The molecule has 1 saturated heterocycles. The van der Waals surface area contributed by atoms with E-state index in [1.165, 1.54) is 0 Å². The lowest BCUT2D eigenvalue weighted by Gasteiger charge is -2.19. The fourth-order valence-electron chi connectivity index (χ4n) is 1.85. The van der Waals surface area contributed by atoms with Gasteiger partial charge in [-0.15, -0.1) is 12.4 Å². The summed E-state index contributed by atoms with van der Waals surface area (Å²) in [6, 6.07) is 0. The lowest BCUT2D eigenvalue weighted by molar-refractivity contribution is -0.129. The number of hydrogen-bond acceptors (Lipinski definition) is 3. The van der Waals surface area contributed by atoms with Gasteiger partial charge in [-0.2, -0.15) is 11.8 Å². The van der Waals surface area contributed by atoms with Crippen molar-refractivity contribution in [2.45, 2.75) is 18.6 Å². The molecule has 0 aromatic carbocycles. The van der Waals surface area contributed by atoms with Crippen LogP contribution in [0.5, 0.6) is 0 Å². The van der Waals surface area contributed by atoms with Gasteiger partial charge in [0, 0.05) is 13.1 Å². The van der Waals surface area contributed by atoms with Gasteiger partial charge in [0.1, 0.15) is 0 Å². The van der Waals surface area contributed by atoms with Gasteiger partial charge in [-0.1, -0.05) is 0 Å². The van der Waals surface area contributed by atoms with E-state index in [0.717, 1.165) is 26.1 Å². The number of likely N-dealkylation sites (tertiary alicyclic amines) is 1. The smallest absolute Gasteiger partial charge is 0.235 e. The zero-order valence-electron chi connectivity index (χ0n) is 9.66. The third-order valence-electron chi connectivity index (χ3n) is 2.79. The number of carbonyl (C=O) groups excluding carboxylic acids is 1. The maximum absolute atomic E-state index is 11.8. The average molecular weight is 253 g/mol. The molecule has 1 amide bonds. The van der Waals surface area contributed by atoms with Crippen molar-refractivity contribution in [3.63, 3.8) is 0 Å². The van der Waals surface area contributed by atoms with E-state index in [0.29, 0.717) is 11.8 Å². The highest BCUT2D eigenvalue weighted by molar-refractivity contribution is 7.99. The maximum atomic E-state index is 11.8. The SMILES string of the molecule is CNCC1CCN(C(=O)C(C)SC)C1.Cl. The second-order valence-electron chi connectivity index (χ2n) is 3.87. The first-order chi connectivity index (χ1) is 6.69. The Morgan fingerprint density at radius 3 is 2.87 bits per heavy atom. The van der Waals surface area contributed by atoms with Gasteiger partial charge in [-0.25, -0.2) is 0 Å². The van der Waals surface area contributed by atoms with Crippen LogP contribution in [0.15, 0.2) is 0 Å². The Morgan fingerprint density at radius 1 is 1.67 bits per heavy atom. The minimum atomic E-state index is 0. The largest absolute Gasteiger partial charge is 0.341 e. The fraction of sp³-hybridized carbons (Fsp3) is 0.900. The van der Waals surface area contributed by atoms with Crippen LogP contribution in [0.1, 0.15) is 13.3 Å². The molecule has 5 heteroatoms. The van der Waals surface area contributed by atoms with Gasteiger partial charge in [0.2, 0.25) is 5.91 Å². The first kappa shape index (κ1) is 15.1. The second kappa shape index (κ2) is 7.36. The molecule has 0 aromatic rings. The normalized spacial score (nSPS) is 22.3. The molecule has 15 heavy (non-hydrogen) atoms. The van der Waals surface area contributed by atoms with E-state index in [4.69, 9.17) is 0 Å². The van der Waals surface area contributed by atoms with Crippen molar-refractivity contribution in [3.8, 4) is 0 Å². The second-order valence-corrected chi connectivity index (χ2v) is 5.05. The van der Waals surface area contributed by atoms with Crippen LogP contribution >= 0.6 is 24.2 Å². The Kier molecular flexibility index (Phi) is 7.40. The minimum Gasteiger partial charge on any atom is -0.341 e. The van der Waals surface area contributed by atoms with Crippen LogP contribution in [0.25, 0.3) is 0 Å². The highest BCUT2D eigenvalue weighted by Crippen LogP contribution is 2.19. The molecule has 1 rings (SSSR count). The Labute approximate surface area is 103 Å². The zero-order valence-corrected chi connectivity index (χ0v) is 11.3. The van der Waals surface area contributed by atoms with Crippen LogP contribution in [0, 0.1) is 5.92 Å². The number of nitrogens with zero attached hydrogens (tertiary/aromatic N) is 1. The molecule has 1 heterocycles. The van der Waals surface area contributed by atoms with Gasteiger partial charge < -0.3 is 10.2 Å². The number of halogens is 1. The van der Waals surface area contributed by atoms with E-state index in [-0.39, 0.29) is 17.7 Å². The van der Waals surface area contributed by atoms with Crippen LogP contribution in [0.2, 0.25) is 0 Å². The van der Waals surface area contributed by atoms with Gasteiger partial charge in [-0.05, 0) is 39.1 Å². The van der Waals surface area contributed by atoms with Gasteiger partial charge in [0.25, 0.3) is 0 Å². The summed E-state index contributed by atoms with van der Waals surface area (Å²) in [5.41, 5.74) is 0. The lowest BCUT2D eigenvalue weighted by atomic mass is 10.1. The van der Waals surface area contributed by atoms with Crippen molar-refractivity contribution < 1.29 is 4.79 Å². The number of nitrogens with one attached hydrogen (secondary N) is 1. The van der Waals surface area contributed by atoms with Gasteiger partial charge in [0.05, 0.1) is 5.25 Å². The van der Waals surface area contributed by atoms with Crippen LogP contribution in [0.4, 0.5) is 0 Å². The Balaban J connectivity index is 0.00000196. The number of amides is 1. The van der Waals surface area contributed by atoms with Crippen molar-refractivity contribution in [1.82, 2.24) is 10.2 Å². The fourth-order valence-corrected chi connectivity index (χ4v) is 2.20. The Bertz CT molecular complexity index is 204. The molecule has 1 aliphatic rings. The number of rotatable bonds is 4. The maximum Gasteiger partial charge on any atom is 0.235 e. The summed E-state index contributed by atoms with van der Waals surface area (Å²) in [7, 11) is 1.97. The Morgan fingerprint density at radius 2 is 2.33 bits per heavy atom. The highest BCUT2D eigenvalue weighted by Gasteiger charge is 2.27.